The minimum atomic E-state index is 0. The van der Waals surface area contributed by atoms with Crippen LogP contribution < -0.4 is 24.8 Å². The Hall–Kier alpha value is -0.750. The molecule has 0 aromatic heterocycles. The van der Waals surface area contributed by atoms with Gasteiger partial charge in [0.05, 0.1) is 13.2 Å². The maximum absolute atomic E-state index is 5.81. The standard InChI is InChI=1S/C21H28N2OS.2ClH/c25-21(18-24-17-20-9-5-2-6-10-20)16-23-13-11-22(12-14-23)15-19-7-3-1-4-8-19;;/h1-10,21,25H,11-18H2;2*1H/p-2. The summed E-state index contributed by atoms with van der Waals surface area (Å²) in [5, 5.41) is 0.268. The summed E-state index contributed by atoms with van der Waals surface area (Å²) >= 11 is 4.71. The van der Waals surface area contributed by atoms with Gasteiger partial charge in [-0.1, -0.05) is 60.7 Å². The van der Waals surface area contributed by atoms with Gasteiger partial charge >= 0.3 is 0 Å². The zero-order valence-corrected chi connectivity index (χ0v) is 17.9. The summed E-state index contributed by atoms with van der Waals surface area (Å²) in [5.41, 5.74) is 2.62. The van der Waals surface area contributed by atoms with Crippen molar-refractivity contribution in [1.29, 1.82) is 0 Å². The molecule has 1 aliphatic rings. The summed E-state index contributed by atoms with van der Waals surface area (Å²) < 4.78 is 5.81. The highest BCUT2D eigenvalue weighted by Crippen LogP contribution is 2.10. The van der Waals surface area contributed by atoms with Crippen LogP contribution in [0.3, 0.4) is 0 Å². The van der Waals surface area contributed by atoms with Crippen molar-refractivity contribution in [2.75, 3.05) is 39.3 Å². The first-order chi connectivity index (χ1) is 12.3. The zero-order chi connectivity index (χ0) is 17.3. The first-order valence-corrected chi connectivity index (χ1v) is 9.59. The number of hydrogen-bond donors (Lipinski definition) is 1. The molecule has 0 bridgehead atoms. The highest BCUT2D eigenvalue weighted by molar-refractivity contribution is 7.81. The molecule has 1 fully saturated rings. The van der Waals surface area contributed by atoms with Crippen LogP contribution in [0.5, 0.6) is 0 Å². The molecule has 27 heavy (non-hydrogen) atoms. The van der Waals surface area contributed by atoms with Crippen molar-refractivity contribution in [2.45, 2.75) is 18.4 Å². The number of benzene rings is 2. The molecule has 0 N–H and O–H groups in total. The van der Waals surface area contributed by atoms with Crippen molar-refractivity contribution in [3.8, 4) is 0 Å². The monoisotopic (exact) mass is 426 g/mol. The molecule has 0 radical (unpaired) electrons. The molecular formula is C21H28Cl2N2OS-2. The molecule has 1 saturated heterocycles. The number of rotatable bonds is 8. The second-order valence-electron chi connectivity index (χ2n) is 6.72. The highest BCUT2D eigenvalue weighted by Gasteiger charge is 2.18. The number of thiol groups is 1. The molecule has 1 heterocycles. The molecule has 1 unspecified atom stereocenters. The van der Waals surface area contributed by atoms with E-state index in [-0.39, 0.29) is 30.1 Å². The molecule has 2 aromatic carbocycles. The minimum Gasteiger partial charge on any atom is -1.00 e. The first-order valence-electron chi connectivity index (χ1n) is 9.08. The number of hydrogen-bond acceptors (Lipinski definition) is 4. The van der Waals surface area contributed by atoms with Gasteiger partial charge in [-0.25, -0.2) is 0 Å². The van der Waals surface area contributed by atoms with Gasteiger partial charge in [-0.15, -0.1) is 0 Å². The summed E-state index contributed by atoms with van der Waals surface area (Å²) in [6.07, 6.45) is 0. The van der Waals surface area contributed by atoms with Crippen molar-refractivity contribution < 1.29 is 29.6 Å². The quantitative estimate of drug-likeness (QED) is 0.463. The number of piperazine rings is 1. The lowest BCUT2D eigenvalue weighted by Crippen LogP contribution is -3.00. The fourth-order valence-corrected chi connectivity index (χ4v) is 3.55. The molecule has 1 atom stereocenters. The zero-order valence-electron chi connectivity index (χ0n) is 15.5. The maximum atomic E-state index is 5.81. The lowest BCUT2D eigenvalue weighted by Gasteiger charge is -2.35. The summed E-state index contributed by atoms with van der Waals surface area (Å²) in [6.45, 7) is 7.90. The molecule has 3 rings (SSSR count). The predicted molar refractivity (Wildman–Crippen MR) is 107 cm³/mol. The molecule has 0 amide bonds. The fraction of sp³-hybridized carbons (Fsp3) is 0.429. The Morgan fingerprint density at radius 2 is 1.30 bits per heavy atom. The van der Waals surface area contributed by atoms with E-state index in [1.807, 2.05) is 18.2 Å². The Bertz CT molecular complexity index is 610. The van der Waals surface area contributed by atoms with Gasteiger partial charge in [0.2, 0.25) is 0 Å². The van der Waals surface area contributed by atoms with Crippen molar-refractivity contribution in [3.63, 3.8) is 0 Å². The average molecular weight is 427 g/mol. The van der Waals surface area contributed by atoms with Crippen LogP contribution >= 0.6 is 12.6 Å². The summed E-state index contributed by atoms with van der Waals surface area (Å²) in [4.78, 5) is 5.04. The maximum Gasteiger partial charge on any atom is 0.0717 e. The van der Waals surface area contributed by atoms with Crippen LogP contribution in [0.2, 0.25) is 0 Å². The predicted octanol–water partition coefficient (Wildman–Crippen LogP) is -2.67. The second kappa shape index (κ2) is 13.4. The number of nitrogens with zero attached hydrogens (tertiary/aromatic N) is 2. The summed E-state index contributed by atoms with van der Waals surface area (Å²) in [6, 6.07) is 21.0. The van der Waals surface area contributed by atoms with Crippen molar-refractivity contribution in [2.24, 2.45) is 0 Å². The summed E-state index contributed by atoms with van der Waals surface area (Å²) in [7, 11) is 0. The Kier molecular flexibility index (Phi) is 12.1. The number of halogens is 2. The molecular weight excluding hydrogens is 399 g/mol. The first kappa shape index (κ1) is 24.3. The Balaban J connectivity index is 0.00000182. The van der Waals surface area contributed by atoms with Crippen molar-refractivity contribution >= 4 is 12.6 Å². The van der Waals surface area contributed by atoms with Gasteiger partial charge in [0, 0.05) is 44.5 Å². The van der Waals surface area contributed by atoms with E-state index < -0.39 is 0 Å². The van der Waals surface area contributed by atoms with E-state index in [9.17, 15) is 0 Å². The van der Waals surface area contributed by atoms with Crippen LogP contribution in [0.15, 0.2) is 60.7 Å². The molecule has 0 aliphatic carbocycles. The van der Waals surface area contributed by atoms with Crippen molar-refractivity contribution in [1.82, 2.24) is 9.80 Å². The highest BCUT2D eigenvalue weighted by atomic mass is 35.5. The van der Waals surface area contributed by atoms with Gasteiger partial charge in [0.1, 0.15) is 0 Å². The lowest BCUT2D eigenvalue weighted by atomic mass is 10.2. The van der Waals surface area contributed by atoms with Gasteiger partial charge in [-0.3, -0.25) is 9.80 Å². The smallest absolute Gasteiger partial charge is 0.0717 e. The van der Waals surface area contributed by atoms with Gasteiger partial charge in [-0.2, -0.15) is 12.6 Å². The van der Waals surface area contributed by atoms with Crippen LogP contribution in [0.1, 0.15) is 11.1 Å². The third-order valence-corrected chi connectivity index (χ3v) is 4.92. The van der Waals surface area contributed by atoms with Gasteiger partial charge < -0.3 is 29.6 Å². The van der Waals surface area contributed by atoms with E-state index in [2.05, 4.69) is 52.3 Å². The average Bonchev–Trinajstić information content (AvgIpc) is 2.65. The summed E-state index contributed by atoms with van der Waals surface area (Å²) in [5.74, 6) is 0. The van der Waals surface area contributed by atoms with Gasteiger partial charge in [-0.05, 0) is 11.1 Å². The van der Waals surface area contributed by atoms with E-state index in [0.29, 0.717) is 13.2 Å². The molecule has 1 aliphatic heterocycles. The topological polar surface area (TPSA) is 15.7 Å². The normalized spacial score (nSPS) is 16.2. The van der Waals surface area contributed by atoms with E-state index in [0.717, 1.165) is 39.3 Å². The van der Waals surface area contributed by atoms with Gasteiger partial charge in [0.25, 0.3) is 0 Å². The SMILES string of the molecule is SC(COCc1ccccc1)CN1CCN(Cc2ccccc2)CC1.[Cl-].[Cl-]. The molecule has 0 spiro atoms. The number of ether oxygens (including phenoxy) is 1. The van der Waals surface area contributed by atoms with E-state index >= 15 is 0 Å². The lowest BCUT2D eigenvalue weighted by molar-refractivity contribution is -0.001000. The molecule has 3 nitrogen and oxygen atoms in total. The van der Waals surface area contributed by atoms with Crippen LogP contribution in [0, 0.1) is 0 Å². The van der Waals surface area contributed by atoms with Gasteiger partial charge in [0.15, 0.2) is 0 Å². The van der Waals surface area contributed by atoms with Crippen LogP contribution in [-0.2, 0) is 17.9 Å². The molecule has 2 aromatic rings. The van der Waals surface area contributed by atoms with Crippen LogP contribution in [0.25, 0.3) is 0 Å². The van der Waals surface area contributed by atoms with Crippen molar-refractivity contribution in [3.05, 3.63) is 71.8 Å². The van der Waals surface area contributed by atoms with Crippen LogP contribution in [-0.4, -0.2) is 54.4 Å². The molecule has 0 saturated carbocycles. The van der Waals surface area contributed by atoms with E-state index in [1.54, 1.807) is 0 Å². The molecule has 150 valence electrons. The Morgan fingerprint density at radius 3 is 1.89 bits per heavy atom. The third kappa shape index (κ3) is 8.86. The van der Waals surface area contributed by atoms with Crippen LogP contribution in [0.4, 0.5) is 0 Å². The third-order valence-electron chi connectivity index (χ3n) is 4.60. The Morgan fingerprint density at radius 1 is 0.778 bits per heavy atom. The second-order valence-corrected chi connectivity index (χ2v) is 7.45. The largest absolute Gasteiger partial charge is 1.00 e. The fourth-order valence-electron chi connectivity index (χ4n) is 3.21. The molecule has 6 heteroatoms. The Labute approximate surface area is 181 Å². The minimum absolute atomic E-state index is 0. The van der Waals surface area contributed by atoms with E-state index in [4.69, 9.17) is 17.4 Å². The van der Waals surface area contributed by atoms with E-state index in [1.165, 1.54) is 11.1 Å².